The Kier molecular flexibility index (Phi) is 4.48. The Balaban J connectivity index is 1.58. The van der Waals surface area contributed by atoms with E-state index in [1.165, 1.54) is 22.7 Å². The predicted molar refractivity (Wildman–Crippen MR) is 107 cm³/mol. The zero-order valence-corrected chi connectivity index (χ0v) is 15.8. The molecule has 0 atom stereocenters. The Morgan fingerprint density at radius 1 is 1.00 bits per heavy atom. The smallest absolute Gasteiger partial charge is 0.269 e. The van der Waals surface area contributed by atoms with Gasteiger partial charge in [-0.3, -0.25) is 10.1 Å². The largest absolute Gasteiger partial charge is 0.297 e. The quantitative estimate of drug-likeness (QED) is 0.418. The molecule has 2 heterocycles. The maximum atomic E-state index is 12.6. The van der Waals surface area contributed by atoms with E-state index in [9.17, 15) is 4.79 Å². The SMILES string of the molecule is O=C(Nc1ncc(-c2ccc(Cl)cc2)s1)c1sc2ccccc2c1Cl. The van der Waals surface area contributed by atoms with E-state index in [1.54, 1.807) is 6.20 Å². The van der Waals surface area contributed by atoms with Crippen molar-refractivity contribution in [3.63, 3.8) is 0 Å². The molecule has 25 heavy (non-hydrogen) atoms. The Morgan fingerprint density at radius 3 is 2.52 bits per heavy atom. The van der Waals surface area contributed by atoms with E-state index in [0.717, 1.165) is 20.5 Å². The van der Waals surface area contributed by atoms with Crippen molar-refractivity contribution in [3.8, 4) is 10.4 Å². The first-order chi connectivity index (χ1) is 12.1. The van der Waals surface area contributed by atoms with E-state index >= 15 is 0 Å². The van der Waals surface area contributed by atoms with Crippen LogP contribution in [-0.2, 0) is 0 Å². The fourth-order valence-electron chi connectivity index (χ4n) is 2.39. The number of carbonyl (C=O) groups is 1. The summed E-state index contributed by atoms with van der Waals surface area (Å²) in [5, 5.41) is 5.41. The van der Waals surface area contributed by atoms with E-state index in [2.05, 4.69) is 10.3 Å². The first kappa shape index (κ1) is 16.5. The van der Waals surface area contributed by atoms with E-state index in [4.69, 9.17) is 23.2 Å². The van der Waals surface area contributed by atoms with E-state index in [1.807, 2.05) is 48.5 Å². The van der Waals surface area contributed by atoms with Gasteiger partial charge in [0, 0.05) is 21.3 Å². The molecule has 0 saturated heterocycles. The van der Waals surface area contributed by atoms with Crippen molar-refractivity contribution in [2.24, 2.45) is 0 Å². The summed E-state index contributed by atoms with van der Waals surface area (Å²) in [6.45, 7) is 0. The minimum atomic E-state index is -0.247. The van der Waals surface area contributed by atoms with Crippen molar-refractivity contribution in [1.82, 2.24) is 4.98 Å². The molecule has 0 fully saturated rings. The van der Waals surface area contributed by atoms with Gasteiger partial charge in [-0.25, -0.2) is 4.98 Å². The van der Waals surface area contributed by atoms with Crippen molar-refractivity contribution in [2.75, 3.05) is 5.32 Å². The molecule has 7 heteroatoms. The number of anilines is 1. The fourth-order valence-corrected chi connectivity index (χ4v) is 4.75. The summed E-state index contributed by atoms with van der Waals surface area (Å²) in [6.07, 6.45) is 1.73. The molecule has 4 rings (SSSR count). The molecule has 0 spiro atoms. The number of carbonyl (C=O) groups excluding carboxylic acids is 1. The fraction of sp³-hybridized carbons (Fsp3) is 0. The van der Waals surface area contributed by atoms with Gasteiger partial charge >= 0.3 is 0 Å². The molecule has 0 saturated carbocycles. The lowest BCUT2D eigenvalue weighted by atomic mass is 10.2. The van der Waals surface area contributed by atoms with Crippen LogP contribution < -0.4 is 5.32 Å². The Labute approximate surface area is 161 Å². The normalized spacial score (nSPS) is 11.0. The molecule has 0 unspecified atom stereocenters. The van der Waals surface area contributed by atoms with Crippen LogP contribution in [0, 0.1) is 0 Å². The summed E-state index contributed by atoms with van der Waals surface area (Å²) in [4.78, 5) is 18.3. The molecule has 1 N–H and O–H groups in total. The molecular weight excluding hydrogens is 395 g/mol. The maximum absolute atomic E-state index is 12.6. The molecule has 4 aromatic rings. The Morgan fingerprint density at radius 2 is 1.76 bits per heavy atom. The molecule has 0 aliphatic carbocycles. The van der Waals surface area contributed by atoms with E-state index < -0.39 is 0 Å². The van der Waals surface area contributed by atoms with Crippen LogP contribution in [0.5, 0.6) is 0 Å². The minimum Gasteiger partial charge on any atom is -0.297 e. The highest BCUT2D eigenvalue weighted by Crippen LogP contribution is 2.36. The van der Waals surface area contributed by atoms with Gasteiger partial charge in [-0.2, -0.15) is 0 Å². The number of halogens is 2. The molecule has 0 aliphatic heterocycles. The molecule has 0 bridgehead atoms. The van der Waals surface area contributed by atoms with Crippen LogP contribution in [0.2, 0.25) is 10.0 Å². The summed E-state index contributed by atoms with van der Waals surface area (Å²) in [7, 11) is 0. The van der Waals surface area contributed by atoms with Crippen molar-refractivity contribution >= 4 is 67.0 Å². The molecule has 0 aliphatic rings. The van der Waals surface area contributed by atoms with Crippen molar-refractivity contribution in [3.05, 3.63) is 69.7 Å². The van der Waals surface area contributed by atoms with E-state index in [0.29, 0.717) is 20.1 Å². The third kappa shape index (κ3) is 3.28. The van der Waals surface area contributed by atoms with Gasteiger partial charge in [-0.05, 0) is 23.8 Å². The second-order valence-corrected chi connectivity index (χ2v) is 8.13. The van der Waals surface area contributed by atoms with Gasteiger partial charge in [-0.1, -0.05) is 64.9 Å². The standard InChI is InChI=1S/C18H10Cl2N2OS2/c19-11-7-5-10(6-8-11)14-9-21-18(25-14)22-17(23)16-15(20)12-3-1-2-4-13(12)24-16/h1-9H,(H,21,22,23). The summed E-state index contributed by atoms with van der Waals surface area (Å²) in [5.41, 5.74) is 1.00. The van der Waals surface area contributed by atoms with Crippen molar-refractivity contribution < 1.29 is 4.79 Å². The number of nitrogens with zero attached hydrogens (tertiary/aromatic N) is 1. The highest BCUT2D eigenvalue weighted by Gasteiger charge is 2.18. The number of aromatic nitrogens is 1. The first-order valence-corrected chi connectivity index (χ1v) is 9.71. The lowest BCUT2D eigenvalue weighted by Gasteiger charge is -1.99. The topological polar surface area (TPSA) is 42.0 Å². The lowest BCUT2D eigenvalue weighted by Crippen LogP contribution is -2.10. The second kappa shape index (κ2) is 6.77. The highest BCUT2D eigenvalue weighted by atomic mass is 35.5. The molecule has 124 valence electrons. The average Bonchev–Trinajstić information content (AvgIpc) is 3.21. The number of thiazole rings is 1. The van der Waals surface area contributed by atoms with Gasteiger partial charge in [0.25, 0.3) is 5.91 Å². The Bertz CT molecular complexity index is 1070. The van der Waals surface area contributed by atoms with Crippen molar-refractivity contribution in [2.45, 2.75) is 0 Å². The highest BCUT2D eigenvalue weighted by molar-refractivity contribution is 7.22. The summed E-state index contributed by atoms with van der Waals surface area (Å²) < 4.78 is 0.985. The third-order valence-corrected chi connectivity index (χ3v) is 6.48. The van der Waals surface area contributed by atoms with Gasteiger partial charge in [0.05, 0.1) is 9.90 Å². The third-order valence-electron chi connectivity index (χ3n) is 3.60. The zero-order valence-electron chi connectivity index (χ0n) is 12.6. The van der Waals surface area contributed by atoms with Gasteiger partial charge in [0.1, 0.15) is 4.88 Å². The van der Waals surface area contributed by atoms with Crippen LogP contribution in [0.15, 0.2) is 54.7 Å². The number of amides is 1. The van der Waals surface area contributed by atoms with Crippen LogP contribution in [0.4, 0.5) is 5.13 Å². The molecule has 2 aromatic heterocycles. The number of benzene rings is 2. The van der Waals surface area contributed by atoms with Gasteiger partial charge in [0.2, 0.25) is 0 Å². The molecule has 1 amide bonds. The number of rotatable bonds is 3. The number of thiophene rings is 1. The molecular formula is C18H10Cl2N2OS2. The maximum Gasteiger partial charge on any atom is 0.269 e. The van der Waals surface area contributed by atoms with Crippen LogP contribution in [0.3, 0.4) is 0 Å². The number of nitrogens with one attached hydrogen (secondary N) is 1. The Hall–Kier alpha value is -1.92. The summed E-state index contributed by atoms with van der Waals surface area (Å²) in [5.74, 6) is -0.247. The van der Waals surface area contributed by atoms with Crippen LogP contribution >= 0.6 is 45.9 Å². The lowest BCUT2D eigenvalue weighted by molar-refractivity contribution is 0.103. The predicted octanol–water partition coefficient (Wildman–Crippen LogP) is 6.58. The summed E-state index contributed by atoms with van der Waals surface area (Å²) >= 11 is 15.0. The second-order valence-electron chi connectivity index (χ2n) is 5.23. The number of hydrogen-bond donors (Lipinski definition) is 1. The number of fused-ring (bicyclic) bond motifs is 1. The minimum absolute atomic E-state index is 0.247. The van der Waals surface area contributed by atoms with Crippen LogP contribution in [0.1, 0.15) is 9.67 Å². The van der Waals surface area contributed by atoms with Gasteiger partial charge < -0.3 is 0 Å². The van der Waals surface area contributed by atoms with Gasteiger partial charge in [0.15, 0.2) is 5.13 Å². The molecule has 2 aromatic carbocycles. The van der Waals surface area contributed by atoms with E-state index in [-0.39, 0.29) is 5.91 Å². The van der Waals surface area contributed by atoms with Crippen molar-refractivity contribution in [1.29, 1.82) is 0 Å². The average molecular weight is 405 g/mol. The molecule has 3 nitrogen and oxygen atoms in total. The first-order valence-electron chi connectivity index (χ1n) is 7.32. The van der Waals surface area contributed by atoms with Crippen LogP contribution in [0.25, 0.3) is 20.5 Å². The monoisotopic (exact) mass is 404 g/mol. The van der Waals surface area contributed by atoms with Crippen LogP contribution in [-0.4, -0.2) is 10.9 Å². The van der Waals surface area contributed by atoms with Gasteiger partial charge in [-0.15, -0.1) is 11.3 Å². The zero-order chi connectivity index (χ0) is 17.4. The summed E-state index contributed by atoms with van der Waals surface area (Å²) in [6, 6.07) is 15.2. The molecule has 0 radical (unpaired) electrons. The number of hydrogen-bond acceptors (Lipinski definition) is 4.